The normalized spacial score (nSPS) is 23.8. The van der Waals surface area contributed by atoms with E-state index in [-0.39, 0.29) is 5.25 Å². The molecule has 2 rings (SSSR count). The van der Waals surface area contributed by atoms with Gasteiger partial charge in [0, 0.05) is 0 Å². The van der Waals surface area contributed by atoms with Crippen molar-refractivity contribution in [3.05, 3.63) is 29.6 Å². The van der Waals surface area contributed by atoms with Gasteiger partial charge in [-0.2, -0.15) is 0 Å². The molecule has 0 aromatic rings. The number of rotatable bonds is 2. The first-order valence-corrected chi connectivity index (χ1v) is 5.70. The Kier molecular flexibility index (Phi) is 1.83. The van der Waals surface area contributed by atoms with Gasteiger partial charge >= 0.3 is 0 Å². The summed E-state index contributed by atoms with van der Waals surface area (Å²) in [6, 6.07) is 0. The molecule has 0 N–H and O–H groups in total. The summed E-state index contributed by atoms with van der Waals surface area (Å²) in [5.74, 6) is 0. The van der Waals surface area contributed by atoms with Crippen molar-refractivity contribution in [3.63, 3.8) is 0 Å². The minimum atomic E-state index is -2.93. The van der Waals surface area contributed by atoms with E-state index in [4.69, 9.17) is 0 Å². The number of hydrogen-bond donors (Lipinski definition) is 0. The molecule has 1 radical (unpaired) electrons. The average molecular weight is 183 g/mol. The minimum absolute atomic E-state index is 0.0773. The van der Waals surface area contributed by atoms with E-state index >= 15 is 0 Å². The average Bonchev–Trinajstić information content (AvgIpc) is 2.88. The molecule has 0 aliphatic heterocycles. The van der Waals surface area contributed by atoms with Gasteiger partial charge in [-0.15, -0.1) is 0 Å². The van der Waals surface area contributed by atoms with Crippen molar-refractivity contribution in [1.82, 2.24) is 0 Å². The van der Waals surface area contributed by atoms with Gasteiger partial charge in [0.15, 0.2) is 9.84 Å². The minimum Gasteiger partial charge on any atom is -0.223 e. The third-order valence-electron chi connectivity index (χ3n) is 2.14. The summed E-state index contributed by atoms with van der Waals surface area (Å²) in [6.07, 6.45) is 9.68. The Bertz CT molecular complexity index is 332. The van der Waals surface area contributed by atoms with Gasteiger partial charge in [-0.3, -0.25) is 0 Å². The lowest BCUT2D eigenvalue weighted by atomic mass is 10.2. The third-order valence-corrected chi connectivity index (χ3v) is 4.45. The van der Waals surface area contributed by atoms with Crippen LogP contribution in [0.5, 0.6) is 0 Å². The highest BCUT2D eigenvalue weighted by Crippen LogP contribution is 2.34. The van der Waals surface area contributed by atoms with Gasteiger partial charge in [0.25, 0.3) is 0 Å². The lowest BCUT2D eigenvalue weighted by Gasteiger charge is -2.06. The van der Waals surface area contributed by atoms with Gasteiger partial charge in [0.2, 0.25) is 0 Å². The molecular weight excluding hydrogens is 172 g/mol. The van der Waals surface area contributed by atoms with Gasteiger partial charge in [0.05, 0.1) is 10.2 Å². The van der Waals surface area contributed by atoms with Crippen LogP contribution in [0, 0.1) is 6.42 Å². The molecule has 1 saturated carbocycles. The van der Waals surface area contributed by atoms with Crippen LogP contribution in [0.15, 0.2) is 23.1 Å². The molecule has 0 heterocycles. The van der Waals surface area contributed by atoms with Crippen LogP contribution >= 0.6 is 0 Å². The SMILES string of the molecule is O=S(=O)(C1=CC[CH]C=C1)C1CC1. The zero-order valence-electron chi connectivity index (χ0n) is 6.73. The second kappa shape index (κ2) is 2.73. The van der Waals surface area contributed by atoms with Crippen LogP contribution in [-0.4, -0.2) is 13.7 Å². The second-order valence-corrected chi connectivity index (χ2v) is 5.41. The molecule has 0 unspecified atom stereocenters. The van der Waals surface area contributed by atoms with Gasteiger partial charge in [0.1, 0.15) is 0 Å². The summed E-state index contributed by atoms with van der Waals surface area (Å²) < 4.78 is 23.2. The number of allylic oxidation sites excluding steroid dienone is 3. The van der Waals surface area contributed by atoms with Crippen LogP contribution in [0.1, 0.15) is 19.3 Å². The fourth-order valence-corrected chi connectivity index (χ4v) is 3.01. The van der Waals surface area contributed by atoms with Crippen LogP contribution < -0.4 is 0 Å². The fourth-order valence-electron chi connectivity index (χ4n) is 1.28. The highest BCUT2D eigenvalue weighted by atomic mass is 32.2. The van der Waals surface area contributed by atoms with E-state index in [0.29, 0.717) is 4.91 Å². The zero-order valence-corrected chi connectivity index (χ0v) is 7.55. The monoisotopic (exact) mass is 183 g/mol. The Morgan fingerprint density at radius 3 is 2.58 bits per heavy atom. The number of hydrogen-bond acceptors (Lipinski definition) is 2. The highest BCUT2D eigenvalue weighted by molar-refractivity contribution is 7.96. The zero-order chi connectivity index (χ0) is 8.60. The highest BCUT2D eigenvalue weighted by Gasteiger charge is 2.37. The predicted octanol–water partition coefficient (Wildman–Crippen LogP) is 1.61. The van der Waals surface area contributed by atoms with Gasteiger partial charge in [-0.1, -0.05) is 12.2 Å². The molecule has 0 atom stereocenters. The lowest BCUT2D eigenvalue weighted by molar-refractivity contribution is 0.601. The summed E-state index contributed by atoms with van der Waals surface area (Å²) >= 11 is 0. The standard InChI is InChI=1S/C9H11O2S/c10-12(11,9-6-7-9)8-4-2-1-3-5-8/h1-2,4-5,9H,3,6-7H2. The Labute approximate surface area is 72.9 Å². The first kappa shape index (κ1) is 8.05. The van der Waals surface area contributed by atoms with Gasteiger partial charge < -0.3 is 0 Å². The Hall–Kier alpha value is -0.570. The van der Waals surface area contributed by atoms with Crippen LogP contribution in [0.25, 0.3) is 0 Å². The Balaban J connectivity index is 2.28. The van der Waals surface area contributed by atoms with E-state index in [1.807, 2.05) is 12.5 Å². The smallest absolute Gasteiger partial charge is 0.180 e. The summed E-state index contributed by atoms with van der Waals surface area (Å²) in [6.45, 7) is 0. The predicted molar refractivity (Wildman–Crippen MR) is 48.1 cm³/mol. The topological polar surface area (TPSA) is 34.1 Å². The van der Waals surface area contributed by atoms with E-state index in [0.717, 1.165) is 19.3 Å². The largest absolute Gasteiger partial charge is 0.223 e. The molecule has 2 aliphatic rings. The van der Waals surface area contributed by atoms with E-state index in [2.05, 4.69) is 0 Å². The van der Waals surface area contributed by atoms with Crippen molar-refractivity contribution in [2.45, 2.75) is 24.5 Å². The van der Waals surface area contributed by atoms with Crippen LogP contribution in [0.3, 0.4) is 0 Å². The van der Waals surface area contributed by atoms with E-state index in [1.54, 1.807) is 12.2 Å². The molecule has 2 aliphatic carbocycles. The van der Waals surface area contributed by atoms with E-state index in [1.165, 1.54) is 0 Å². The molecule has 2 nitrogen and oxygen atoms in total. The van der Waals surface area contributed by atoms with Gasteiger partial charge in [-0.05, 0) is 31.8 Å². The fraction of sp³-hybridized carbons (Fsp3) is 0.444. The Morgan fingerprint density at radius 2 is 2.08 bits per heavy atom. The molecule has 65 valence electrons. The summed E-state index contributed by atoms with van der Waals surface area (Å²) in [4.78, 5) is 0.521. The van der Waals surface area contributed by atoms with Crippen LogP contribution in [0.2, 0.25) is 0 Å². The molecule has 3 heteroatoms. The molecule has 0 aromatic heterocycles. The molecule has 0 amide bonds. The van der Waals surface area contributed by atoms with Crippen molar-refractivity contribution in [1.29, 1.82) is 0 Å². The van der Waals surface area contributed by atoms with Gasteiger partial charge in [-0.25, -0.2) is 8.42 Å². The first-order valence-electron chi connectivity index (χ1n) is 4.15. The van der Waals surface area contributed by atoms with Crippen molar-refractivity contribution >= 4 is 9.84 Å². The van der Waals surface area contributed by atoms with Crippen LogP contribution in [-0.2, 0) is 9.84 Å². The van der Waals surface area contributed by atoms with Crippen LogP contribution in [0.4, 0.5) is 0 Å². The molecule has 12 heavy (non-hydrogen) atoms. The summed E-state index contributed by atoms with van der Waals surface area (Å²) in [5, 5.41) is -0.0773. The maximum Gasteiger partial charge on any atom is 0.180 e. The van der Waals surface area contributed by atoms with E-state index < -0.39 is 9.84 Å². The molecule has 0 bridgehead atoms. The molecule has 0 aromatic carbocycles. The molecule has 0 saturated heterocycles. The van der Waals surface area contributed by atoms with Crippen molar-refractivity contribution in [2.75, 3.05) is 0 Å². The van der Waals surface area contributed by atoms with Crippen molar-refractivity contribution < 1.29 is 8.42 Å². The maximum absolute atomic E-state index is 11.6. The Morgan fingerprint density at radius 1 is 1.33 bits per heavy atom. The summed E-state index contributed by atoms with van der Waals surface area (Å²) in [7, 11) is -2.93. The second-order valence-electron chi connectivity index (χ2n) is 3.18. The third kappa shape index (κ3) is 1.33. The maximum atomic E-state index is 11.6. The quantitative estimate of drug-likeness (QED) is 0.651. The molecule has 1 fully saturated rings. The molecule has 0 spiro atoms. The lowest BCUT2D eigenvalue weighted by Crippen LogP contribution is -2.09. The first-order chi connectivity index (χ1) is 5.71. The molecular formula is C9H11O2S. The van der Waals surface area contributed by atoms with E-state index in [9.17, 15) is 8.42 Å². The van der Waals surface area contributed by atoms with Crippen molar-refractivity contribution in [3.8, 4) is 0 Å². The summed E-state index contributed by atoms with van der Waals surface area (Å²) in [5.41, 5.74) is 0. The number of sulfone groups is 1. The van der Waals surface area contributed by atoms with Crippen molar-refractivity contribution in [2.24, 2.45) is 0 Å².